The number of nitrogens with zero attached hydrogens (tertiary/aromatic N) is 1. The van der Waals surface area contributed by atoms with Crippen LogP contribution in [0.3, 0.4) is 0 Å². The number of para-hydroxylation sites is 1. The second-order valence-electron chi connectivity index (χ2n) is 7.74. The molecule has 0 saturated carbocycles. The molecule has 29 heavy (non-hydrogen) atoms. The molecule has 1 heterocycles. The van der Waals surface area contributed by atoms with Crippen molar-refractivity contribution < 1.29 is 14.7 Å². The smallest absolute Gasteiger partial charge is 0.326 e. The van der Waals surface area contributed by atoms with Crippen molar-refractivity contribution in [3.63, 3.8) is 0 Å². The van der Waals surface area contributed by atoms with Gasteiger partial charge in [-0.15, -0.1) is 0 Å². The molecule has 3 aromatic rings. The van der Waals surface area contributed by atoms with E-state index in [1.165, 1.54) is 5.56 Å². The van der Waals surface area contributed by atoms with Crippen molar-refractivity contribution in [1.29, 1.82) is 0 Å². The van der Waals surface area contributed by atoms with Crippen molar-refractivity contribution in [3.05, 3.63) is 71.4 Å². The molecule has 2 N–H and O–H groups in total. The van der Waals surface area contributed by atoms with Crippen LogP contribution in [0.4, 0.5) is 0 Å². The number of amides is 1. The average molecular weight is 390 g/mol. The van der Waals surface area contributed by atoms with Crippen LogP contribution in [-0.2, 0) is 28.9 Å². The van der Waals surface area contributed by atoms with E-state index in [1.54, 1.807) is 0 Å². The number of carboxylic acid groups (broad SMARTS) is 1. The number of aliphatic carboxylic acids is 1. The maximum absolute atomic E-state index is 12.5. The number of carboxylic acids is 1. The van der Waals surface area contributed by atoms with E-state index in [0.29, 0.717) is 12.8 Å². The molecule has 5 nitrogen and oxygen atoms in total. The van der Waals surface area contributed by atoms with Gasteiger partial charge < -0.3 is 15.0 Å². The highest BCUT2D eigenvalue weighted by molar-refractivity contribution is 5.88. The highest BCUT2D eigenvalue weighted by Gasteiger charge is 2.30. The van der Waals surface area contributed by atoms with Gasteiger partial charge in [0.15, 0.2) is 0 Å². The van der Waals surface area contributed by atoms with E-state index in [-0.39, 0.29) is 11.9 Å². The summed E-state index contributed by atoms with van der Waals surface area (Å²) in [6.45, 7) is 1.91. The van der Waals surface area contributed by atoms with Gasteiger partial charge in [-0.05, 0) is 42.9 Å². The molecule has 1 unspecified atom stereocenters. The predicted molar refractivity (Wildman–Crippen MR) is 113 cm³/mol. The first kappa shape index (κ1) is 19.2. The maximum Gasteiger partial charge on any atom is 0.326 e. The van der Waals surface area contributed by atoms with E-state index in [1.807, 2.05) is 60.0 Å². The number of fused-ring (bicyclic) bond motifs is 3. The standard InChI is InChI=1S/C24H26N2O3/c1-2-20(24(28)29)26-21-11-7-6-10-18(21)19-15-17(12-13-22(19)26)25-23(27)14-16-8-4-3-5-9-16/h3-11,17,20H,2,12-15H2,1H3,(H,25,27)(H,28,29)/t17-,20?/m1/s1. The van der Waals surface area contributed by atoms with E-state index in [4.69, 9.17) is 0 Å². The Balaban J connectivity index is 1.59. The van der Waals surface area contributed by atoms with E-state index in [9.17, 15) is 14.7 Å². The summed E-state index contributed by atoms with van der Waals surface area (Å²) < 4.78 is 2.01. The van der Waals surface area contributed by atoms with Gasteiger partial charge in [-0.3, -0.25) is 4.79 Å². The van der Waals surface area contributed by atoms with E-state index >= 15 is 0 Å². The van der Waals surface area contributed by atoms with E-state index in [2.05, 4.69) is 11.4 Å². The van der Waals surface area contributed by atoms with Gasteiger partial charge in [0.25, 0.3) is 0 Å². The van der Waals surface area contributed by atoms with Crippen LogP contribution < -0.4 is 5.32 Å². The van der Waals surface area contributed by atoms with Gasteiger partial charge in [0.2, 0.25) is 5.91 Å². The molecule has 4 rings (SSSR count). The quantitative estimate of drug-likeness (QED) is 0.671. The van der Waals surface area contributed by atoms with Crippen LogP contribution in [-0.4, -0.2) is 27.6 Å². The predicted octanol–water partition coefficient (Wildman–Crippen LogP) is 3.89. The van der Waals surface area contributed by atoms with Crippen LogP contribution in [0.25, 0.3) is 10.9 Å². The number of rotatable bonds is 6. The van der Waals surface area contributed by atoms with Gasteiger partial charge in [0.1, 0.15) is 6.04 Å². The number of hydrogen-bond acceptors (Lipinski definition) is 2. The van der Waals surface area contributed by atoms with Gasteiger partial charge in [-0.2, -0.15) is 0 Å². The lowest BCUT2D eigenvalue weighted by Gasteiger charge is -2.26. The molecule has 1 aliphatic carbocycles. The molecule has 2 aromatic carbocycles. The Bertz CT molecular complexity index is 1040. The summed E-state index contributed by atoms with van der Waals surface area (Å²) in [5.41, 5.74) is 4.26. The van der Waals surface area contributed by atoms with Crippen LogP contribution in [0.2, 0.25) is 0 Å². The molecule has 0 saturated heterocycles. The SMILES string of the molecule is CCC(C(=O)O)n1c2c(c3ccccc31)C[C@H](NC(=O)Cc1ccccc1)CC2. The Morgan fingerprint density at radius 3 is 2.59 bits per heavy atom. The Morgan fingerprint density at radius 1 is 1.14 bits per heavy atom. The molecule has 2 atom stereocenters. The van der Waals surface area contributed by atoms with Crippen molar-refractivity contribution in [3.8, 4) is 0 Å². The number of carbonyl (C=O) groups is 2. The molecule has 1 amide bonds. The van der Waals surface area contributed by atoms with Gasteiger partial charge in [0.05, 0.1) is 6.42 Å². The van der Waals surface area contributed by atoms with Gasteiger partial charge in [0, 0.05) is 22.6 Å². The molecule has 150 valence electrons. The topological polar surface area (TPSA) is 71.3 Å². The van der Waals surface area contributed by atoms with Gasteiger partial charge >= 0.3 is 5.97 Å². The second-order valence-corrected chi connectivity index (χ2v) is 7.74. The van der Waals surface area contributed by atoms with Crippen molar-refractivity contribution in [1.82, 2.24) is 9.88 Å². The van der Waals surface area contributed by atoms with Crippen LogP contribution in [0.5, 0.6) is 0 Å². The molecule has 1 aliphatic rings. The lowest BCUT2D eigenvalue weighted by molar-refractivity contribution is -0.141. The third-order valence-electron chi connectivity index (χ3n) is 5.86. The van der Waals surface area contributed by atoms with Crippen molar-refractivity contribution in [2.75, 3.05) is 0 Å². The monoisotopic (exact) mass is 390 g/mol. The lowest BCUT2D eigenvalue weighted by Crippen LogP contribution is -2.40. The van der Waals surface area contributed by atoms with Crippen molar-refractivity contribution in [2.24, 2.45) is 0 Å². The third-order valence-corrected chi connectivity index (χ3v) is 5.86. The fraction of sp³-hybridized carbons (Fsp3) is 0.333. The normalized spacial score (nSPS) is 16.9. The zero-order chi connectivity index (χ0) is 20.4. The van der Waals surface area contributed by atoms with Gasteiger partial charge in [-0.1, -0.05) is 55.5 Å². The molecule has 0 fully saturated rings. The average Bonchev–Trinajstić information content (AvgIpc) is 3.03. The Labute approximate surface area is 170 Å². The minimum atomic E-state index is -0.797. The highest BCUT2D eigenvalue weighted by atomic mass is 16.4. The fourth-order valence-corrected chi connectivity index (χ4v) is 4.55. The zero-order valence-corrected chi connectivity index (χ0v) is 16.6. The summed E-state index contributed by atoms with van der Waals surface area (Å²) in [4.78, 5) is 24.4. The summed E-state index contributed by atoms with van der Waals surface area (Å²) in [7, 11) is 0. The molecule has 0 spiro atoms. The minimum absolute atomic E-state index is 0.0327. The summed E-state index contributed by atoms with van der Waals surface area (Å²) in [5.74, 6) is -0.764. The van der Waals surface area contributed by atoms with E-state index in [0.717, 1.165) is 41.4 Å². The number of carbonyl (C=O) groups excluding carboxylic acids is 1. The molecular weight excluding hydrogens is 364 g/mol. The lowest BCUT2D eigenvalue weighted by atomic mass is 9.91. The Morgan fingerprint density at radius 2 is 1.86 bits per heavy atom. The van der Waals surface area contributed by atoms with Crippen LogP contribution in [0, 0.1) is 0 Å². The number of benzene rings is 2. The fourth-order valence-electron chi connectivity index (χ4n) is 4.55. The summed E-state index contributed by atoms with van der Waals surface area (Å²) in [6, 6.07) is 17.3. The Hall–Kier alpha value is -3.08. The largest absolute Gasteiger partial charge is 0.480 e. The van der Waals surface area contributed by atoms with Crippen LogP contribution in [0.15, 0.2) is 54.6 Å². The van der Waals surface area contributed by atoms with Crippen LogP contribution >= 0.6 is 0 Å². The van der Waals surface area contributed by atoms with Gasteiger partial charge in [-0.25, -0.2) is 4.79 Å². The molecule has 0 bridgehead atoms. The molecule has 5 heteroatoms. The molecule has 0 radical (unpaired) electrons. The zero-order valence-electron chi connectivity index (χ0n) is 16.6. The Kier molecular flexibility index (Phi) is 5.38. The number of nitrogens with one attached hydrogen (secondary N) is 1. The molecule has 1 aromatic heterocycles. The highest BCUT2D eigenvalue weighted by Crippen LogP contribution is 2.35. The first-order chi connectivity index (χ1) is 14.1. The summed E-state index contributed by atoms with van der Waals surface area (Å²) >= 11 is 0. The second kappa shape index (κ2) is 8.11. The number of hydrogen-bond donors (Lipinski definition) is 2. The minimum Gasteiger partial charge on any atom is -0.480 e. The first-order valence-electron chi connectivity index (χ1n) is 10.2. The third kappa shape index (κ3) is 3.77. The number of aromatic nitrogens is 1. The first-order valence-corrected chi connectivity index (χ1v) is 10.2. The maximum atomic E-state index is 12.5. The van der Waals surface area contributed by atoms with E-state index < -0.39 is 12.0 Å². The van der Waals surface area contributed by atoms with Crippen LogP contribution in [0.1, 0.15) is 42.6 Å². The molecule has 0 aliphatic heterocycles. The van der Waals surface area contributed by atoms with Crippen molar-refractivity contribution in [2.45, 2.75) is 51.1 Å². The molecular formula is C24H26N2O3. The summed E-state index contributed by atoms with van der Waals surface area (Å²) in [5, 5.41) is 14.0. The summed E-state index contributed by atoms with van der Waals surface area (Å²) in [6.07, 6.45) is 3.24. The van der Waals surface area contributed by atoms with Crippen molar-refractivity contribution >= 4 is 22.8 Å².